The Hall–Kier alpha value is -4.07. The second kappa shape index (κ2) is 6.92. The van der Waals surface area contributed by atoms with Gasteiger partial charge < -0.3 is 24.9 Å². The lowest BCUT2D eigenvalue weighted by Gasteiger charge is -2.08. The van der Waals surface area contributed by atoms with Gasteiger partial charge in [-0.05, 0) is 42.5 Å². The van der Waals surface area contributed by atoms with Gasteiger partial charge in [0.1, 0.15) is 11.4 Å². The second-order valence-corrected chi connectivity index (χ2v) is 5.95. The van der Waals surface area contributed by atoms with Crippen LogP contribution in [0, 0.1) is 0 Å². The van der Waals surface area contributed by atoms with E-state index in [4.69, 9.17) is 9.47 Å². The number of pyridine rings is 1. The molecule has 2 aromatic heterocycles. The topological polar surface area (TPSA) is 114 Å². The smallest absolute Gasteiger partial charge is 0.345 e. The number of rotatable bonds is 5. The van der Waals surface area contributed by atoms with Crippen molar-refractivity contribution >= 4 is 34.5 Å². The number of H-pyrrole nitrogens is 1. The zero-order valence-corrected chi connectivity index (χ0v) is 14.7. The number of aromatic nitrogens is 2. The van der Waals surface area contributed by atoms with Crippen LogP contribution in [0.1, 0.15) is 5.56 Å². The Bertz CT molecular complexity index is 1140. The van der Waals surface area contributed by atoms with Gasteiger partial charge in [0.05, 0.1) is 7.11 Å². The fourth-order valence-electron chi connectivity index (χ4n) is 2.85. The van der Waals surface area contributed by atoms with E-state index < -0.39 is 17.3 Å². The van der Waals surface area contributed by atoms with Crippen LogP contribution in [0.4, 0.5) is 5.69 Å². The Labute approximate surface area is 159 Å². The monoisotopic (exact) mass is 377 g/mol. The van der Waals surface area contributed by atoms with Crippen molar-refractivity contribution in [3.8, 4) is 5.75 Å². The van der Waals surface area contributed by atoms with Gasteiger partial charge in [-0.1, -0.05) is 0 Å². The zero-order chi connectivity index (χ0) is 19.7. The highest BCUT2D eigenvalue weighted by molar-refractivity contribution is 6.26. The molecule has 8 nitrogen and oxygen atoms in total. The second-order valence-electron chi connectivity index (χ2n) is 5.95. The zero-order valence-electron chi connectivity index (χ0n) is 14.7. The molecule has 1 aliphatic rings. The van der Waals surface area contributed by atoms with Crippen LogP contribution in [0.2, 0.25) is 0 Å². The summed E-state index contributed by atoms with van der Waals surface area (Å²) in [6.07, 6.45) is 4.82. The first-order chi connectivity index (χ1) is 13.6. The van der Waals surface area contributed by atoms with Gasteiger partial charge in [-0.3, -0.25) is 4.79 Å². The van der Waals surface area contributed by atoms with Gasteiger partial charge in [-0.2, -0.15) is 0 Å². The molecule has 0 unspecified atom stereocenters. The molecule has 4 rings (SSSR count). The number of nitrogens with one attached hydrogen (secondary N) is 2. The fourth-order valence-corrected chi connectivity index (χ4v) is 2.85. The molecule has 0 radical (unpaired) electrons. The summed E-state index contributed by atoms with van der Waals surface area (Å²) in [7, 11) is 1.55. The number of nitrogens with zero attached hydrogens (tertiary/aromatic N) is 1. The molecular weight excluding hydrogens is 362 g/mol. The Morgan fingerprint density at radius 3 is 2.79 bits per heavy atom. The van der Waals surface area contributed by atoms with Crippen molar-refractivity contribution in [3.63, 3.8) is 0 Å². The standard InChI is InChI=1S/C20H15N3O5/c1-27-13-6-4-12(5-7-13)23-19-16(20(25)26)17(24)15(28-19)9-11-10-22-18-14(11)3-2-8-21-18/h2-10,23H,1H3,(H,21,22)(H,25,26)/b15-9-. The van der Waals surface area contributed by atoms with Gasteiger partial charge in [0.25, 0.3) is 0 Å². The van der Waals surface area contributed by atoms with Crippen LogP contribution in [-0.2, 0) is 14.3 Å². The maximum absolute atomic E-state index is 12.6. The number of ether oxygens (including phenoxy) is 2. The van der Waals surface area contributed by atoms with E-state index in [9.17, 15) is 14.7 Å². The lowest BCUT2D eigenvalue weighted by Crippen LogP contribution is -2.12. The average Bonchev–Trinajstić information content (AvgIpc) is 3.24. The molecule has 0 aliphatic carbocycles. The number of carboxylic acids is 1. The van der Waals surface area contributed by atoms with Crippen LogP contribution < -0.4 is 10.1 Å². The van der Waals surface area contributed by atoms with E-state index in [1.165, 1.54) is 6.08 Å². The number of anilines is 1. The molecule has 3 aromatic rings. The molecule has 28 heavy (non-hydrogen) atoms. The van der Waals surface area contributed by atoms with E-state index in [0.29, 0.717) is 22.6 Å². The van der Waals surface area contributed by atoms with Crippen LogP contribution in [-0.4, -0.2) is 33.9 Å². The maximum atomic E-state index is 12.6. The summed E-state index contributed by atoms with van der Waals surface area (Å²) in [6.45, 7) is 0. The fraction of sp³-hybridized carbons (Fsp3) is 0.0500. The van der Waals surface area contributed by atoms with Crippen molar-refractivity contribution in [2.24, 2.45) is 0 Å². The number of benzene rings is 1. The Morgan fingerprint density at radius 2 is 2.07 bits per heavy atom. The lowest BCUT2D eigenvalue weighted by atomic mass is 10.1. The highest BCUT2D eigenvalue weighted by Crippen LogP contribution is 2.30. The van der Waals surface area contributed by atoms with Crippen LogP contribution in [0.25, 0.3) is 17.1 Å². The summed E-state index contributed by atoms with van der Waals surface area (Å²) in [6, 6.07) is 10.4. The highest BCUT2D eigenvalue weighted by atomic mass is 16.5. The van der Waals surface area contributed by atoms with Gasteiger partial charge in [0, 0.05) is 29.0 Å². The number of Topliss-reactive ketones (excluding diaryl/α,β-unsaturated/α-hetero) is 1. The van der Waals surface area contributed by atoms with Crippen molar-refractivity contribution < 1.29 is 24.2 Å². The molecular formula is C20H15N3O5. The highest BCUT2D eigenvalue weighted by Gasteiger charge is 2.36. The van der Waals surface area contributed by atoms with Gasteiger partial charge in [0.15, 0.2) is 11.3 Å². The van der Waals surface area contributed by atoms with Crippen molar-refractivity contribution in [1.82, 2.24) is 9.97 Å². The SMILES string of the molecule is COc1ccc(NC2=C(C(=O)O)C(=O)/C(=C/c3c[nH]c4ncccc34)O2)cc1. The number of fused-ring (bicyclic) bond motifs is 1. The predicted octanol–water partition coefficient (Wildman–Crippen LogP) is 2.92. The molecule has 0 saturated heterocycles. The Kier molecular flexibility index (Phi) is 4.29. The molecule has 1 aliphatic heterocycles. The molecule has 0 spiro atoms. The molecule has 0 atom stereocenters. The molecule has 8 heteroatoms. The van der Waals surface area contributed by atoms with Crippen molar-refractivity contribution in [1.29, 1.82) is 0 Å². The number of aromatic amines is 1. The lowest BCUT2D eigenvalue weighted by molar-refractivity contribution is -0.134. The van der Waals surface area contributed by atoms with Gasteiger partial charge >= 0.3 is 5.97 Å². The number of carboxylic acid groups (broad SMARTS) is 1. The number of allylic oxidation sites excluding steroid dienone is 1. The number of carbonyl (C=O) groups is 2. The van der Waals surface area contributed by atoms with Gasteiger partial charge in [0.2, 0.25) is 11.7 Å². The third-order valence-corrected chi connectivity index (χ3v) is 4.22. The number of ketones is 1. The largest absolute Gasteiger partial charge is 0.497 e. The first-order valence-electron chi connectivity index (χ1n) is 8.32. The molecule has 0 bridgehead atoms. The van der Waals surface area contributed by atoms with E-state index >= 15 is 0 Å². The third kappa shape index (κ3) is 3.07. The van der Waals surface area contributed by atoms with E-state index in [2.05, 4.69) is 15.3 Å². The summed E-state index contributed by atoms with van der Waals surface area (Å²) in [5, 5.41) is 13.1. The van der Waals surface area contributed by atoms with Gasteiger partial charge in [-0.25, -0.2) is 9.78 Å². The molecule has 1 aromatic carbocycles. The van der Waals surface area contributed by atoms with E-state index in [-0.39, 0.29) is 11.6 Å². The molecule has 140 valence electrons. The summed E-state index contributed by atoms with van der Waals surface area (Å²) < 4.78 is 10.7. The molecule has 0 fully saturated rings. The first-order valence-corrected chi connectivity index (χ1v) is 8.32. The molecule has 3 N–H and O–H groups in total. The van der Waals surface area contributed by atoms with Crippen molar-refractivity contribution in [3.05, 3.63) is 71.6 Å². The normalized spacial score (nSPS) is 15.2. The predicted molar refractivity (Wildman–Crippen MR) is 101 cm³/mol. The molecule has 3 heterocycles. The van der Waals surface area contributed by atoms with Crippen LogP contribution in [0.15, 0.2) is 66.0 Å². The average molecular weight is 377 g/mol. The van der Waals surface area contributed by atoms with Crippen LogP contribution >= 0.6 is 0 Å². The minimum absolute atomic E-state index is 0.0850. The number of aliphatic carboxylic acids is 1. The Morgan fingerprint density at radius 1 is 1.29 bits per heavy atom. The maximum Gasteiger partial charge on any atom is 0.345 e. The Balaban J connectivity index is 1.66. The van der Waals surface area contributed by atoms with Crippen LogP contribution in [0.5, 0.6) is 5.75 Å². The number of methoxy groups -OCH3 is 1. The summed E-state index contributed by atoms with van der Waals surface area (Å²) in [5.74, 6) is -1.65. The number of hydrogen-bond acceptors (Lipinski definition) is 6. The third-order valence-electron chi connectivity index (χ3n) is 4.22. The molecule has 0 amide bonds. The summed E-state index contributed by atoms with van der Waals surface area (Å²) >= 11 is 0. The number of hydrogen-bond donors (Lipinski definition) is 3. The minimum Gasteiger partial charge on any atom is -0.497 e. The van der Waals surface area contributed by atoms with E-state index in [0.717, 1.165) is 5.39 Å². The first kappa shape index (κ1) is 17.3. The van der Waals surface area contributed by atoms with E-state index in [1.807, 2.05) is 6.07 Å². The van der Waals surface area contributed by atoms with Gasteiger partial charge in [-0.15, -0.1) is 0 Å². The van der Waals surface area contributed by atoms with Crippen LogP contribution in [0.3, 0.4) is 0 Å². The quantitative estimate of drug-likeness (QED) is 0.463. The summed E-state index contributed by atoms with van der Waals surface area (Å²) in [4.78, 5) is 31.4. The summed E-state index contributed by atoms with van der Waals surface area (Å²) in [5.41, 5.74) is 1.42. The van der Waals surface area contributed by atoms with Crippen molar-refractivity contribution in [2.45, 2.75) is 0 Å². The van der Waals surface area contributed by atoms with Crippen molar-refractivity contribution in [2.75, 3.05) is 12.4 Å². The minimum atomic E-state index is -1.37. The molecule has 0 saturated carbocycles. The van der Waals surface area contributed by atoms with E-state index in [1.54, 1.807) is 49.8 Å². The number of carbonyl (C=O) groups excluding carboxylic acids is 1.